The van der Waals surface area contributed by atoms with Crippen LogP contribution < -0.4 is 10.1 Å². The average molecular weight is 301 g/mol. The van der Waals surface area contributed by atoms with Gasteiger partial charge < -0.3 is 15.0 Å². The zero-order chi connectivity index (χ0) is 12.7. The van der Waals surface area contributed by atoms with E-state index in [-0.39, 0.29) is 6.03 Å². The lowest BCUT2D eigenvalue weighted by Gasteiger charge is -2.20. The molecule has 2 amide bonds. The standard InChI is InChI=1S/C12H17BrN2O2/c1-3-15(12(16)14-2)8-9-17-11-6-4-10(13)5-7-11/h4-7H,3,8-9H2,1-2H3,(H,14,16). The number of nitrogens with zero attached hydrogens (tertiary/aromatic N) is 1. The van der Waals surface area contributed by atoms with Gasteiger partial charge in [0, 0.05) is 18.1 Å². The number of carbonyl (C=O) groups is 1. The van der Waals surface area contributed by atoms with E-state index in [9.17, 15) is 4.79 Å². The maximum Gasteiger partial charge on any atom is 0.317 e. The van der Waals surface area contributed by atoms with Crippen LogP contribution in [0, 0.1) is 0 Å². The van der Waals surface area contributed by atoms with Crippen molar-refractivity contribution in [2.45, 2.75) is 6.92 Å². The Kier molecular flexibility index (Phi) is 5.83. The fourth-order valence-electron chi connectivity index (χ4n) is 1.37. The highest BCUT2D eigenvalue weighted by molar-refractivity contribution is 9.10. The van der Waals surface area contributed by atoms with Crippen LogP contribution in [-0.2, 0) is 0 Å². The number of amides is 2. The summed E-state index contributed by atoms with van der Waals surface area (Å²) in [7, 11) is 1.63. The fourth-order valence-corrected chi connectivity index (χ4v) is 1.63. The van der Waals surface area contributed by atoms with Crippen LogP contribution in [0.25, 0.3) is 0 Å². The minimum Gasteiger partial charge on any atom is -0.492 e. The van der Waals surface area contributed by atoms with Gasteiger partial charge in [0.1, 0.15) is 12.4 Å². The quantitative estimate of drug-likeness (QED) is 0.908. The summed E-state index contributed by atoms with van der Waals surface area (Å²) in [6.45, 7) is 3.67. The van der Waals surface area contributed by atoms with Gasteiger partial charge in [-0.1, -0.05) is 15.9 Å². The number of ether oxygens (including phenoxy) is 1. The molecule has 0 fully saturated rings. The molecule has 17 heavy (non-hydrogen) atoms. The van der Waals surface area contributed by atoms with Crippen LogP contribution in [0.5, 0.6) is 5.75 Å². The molecule has 1 N–H and O–H groups in total. The highest BCUT2D eigenvalue weighted by Gasteiger charge is 2.08. The number of urea groups is 1. The molecule has 1 rings (SSSR count). The van der Waals surface area contributed by atoms with Gasteiger partial charge in [0.15, 0.2) is 0 Å². The number of likely N-dealkylation sites (N-methyl/N-ethyl adjacent to an activating group) is 1. The van der Waals surface area contributed by atoms with E-state index in [1.807, 2.05) is 31.2 Å². The van der Waals surface area contributed by atoms with Crippen molar-refractivity contribution in [2.75, 3.05) is 26.7 Å². The van der Waals surface area contributed by atoms with Gasteiger partial charge in [-0.25, -0.2) is 4.79 Å². The molecule has 1 aromatic rings. The minimum absolute atomic E-state index is 0.0769. The summed E-state index contributed by atoms with van der Waals surface area (Å²) in [5.74, 6) is 0.807. The van der Waals surface area contributed by atoms with Crippen molar-refractivity contribution in [1.29, 1.82) is 0 Å². The lowest BCUT2D eigenvalue weighted by atomic mass is 10.3. The van der Waals surface area contributed by atoms with Crippen LogP contribution in [0.2, 0.25) is 0 Å². The Morgan fingerprint density at radius 2 is 2.06 bits per heavy atom. The summed E-state index contributed by atoms with van der Waals surface area (Å²) in [5, 5.41) is 2.60. The second-order valence-corrected chi connectivity index (χ2v) is 4.35. The van der Waals surface area contributed by atoms with Crippen molar-refractivity contribution in [3.8, 4) is 5.75 Å². The van der Waals surface area contributed by atoms with Gasteiger partial charge in [0.2, 0.25) is 0 Å². The molecule has 0 aromatic heterocycles. The van der Waals surface area contributed by atoms with Crippen LogP contribution in [0.3, 0.4) is 0 Å². The molecule has 1 aromatic carbocycles. The van der Waals surface area contributed by atoms with Crippen molar-refractivity contribution in [3.63, 3.8) is 0 Å². The first-order valence-electron chi connectivity index (χ1n) is 5.52. The topological polar surface area (TPSA) is 41.6 Å². The summed E-state index contributed by atoms with van der Waals surface area (Å²) >= 11 is 3.36. The Hall–Kier alpha value is -1.23. The Labute approximate surface area is 110 Å². The van der Waals surface area contributed by atoms with Gasteiger partial charge in [0.25, 0.3) is 0 Å². The van der Waals surface area contributed by atoms with Crippen LogP contribution in [-0.4, -0.2) is 37.7 Å². The number of hydrogen-bond donors (Lipinski definition) is 1. The minimum atomic E-state index is -0.0769. The zero-order valence-corrected chi connectivity index (χ0v) is 11.7. The molecule has 0 radical (unpaired) electrons. The van der Waals surface area contributed by atoms with Crippen molar-refractivity contribution >= 4 is 22.0 Å². The first-order chi connectivity index (χ1) is 8.17. The predicted molar refractivity (Wildman–Crippen MR) is 71.3 cm³/mol. The number of carbonyl (C=O) groups excluding carboxylic acids is 1. The van der Waals surface area contributed by atoms with E-state index in [1.54, 1.807) is 11.9 Å². The predicted octanol–water partition coefficient (Wildman–Crippen LogP) is 2.49. The summed E-state index contributed by atoms with van der Waals surface area (Å²) in [4.78, 5) is 13.1. The molecule has 4 nitrogen and oxygen atoms in total. The van der Waals surface area contributed by atoms with Crippen LogP contribution >= 0.6 is 15.9 Å². The van der Waals surface area contributed by atoms with E-state index >= 15 is 0 Å². The van der Waals surface area contributed by atoms with Gasteiger partial charge in [-0.3, -0.25) is 0 Å². The third-order valence-corrected chi connectivity index (χ3v) is 2.86. The maximum absolute atomic E-state index is 11.4. The molecule has 0 aliphatic heterocycles. The summed E-state index contributed by atoms with van der Waals surface area (Å²) in [6.07, 6.45) is 0. The van der Waals surface area contributed by atoms with Gasteiger partial charge in [0.05, 0.1) is 6.54 Å². The average Bonchev–Trinajstić information content (AvgIpc) is 2.36. The molecule has 0 spiro atoms. The lowest BCUT2D eigenvalue weighted by molar-refractivity contribution is 0.187. The smallest absolute Gasteiger partial charge is 0.317 e. The first-order valence-corrected chi connectivity index (χ1v) is 6.31. The van der Waals surface area contributed by atoms with E-state index in [2.05, 4.69) is 21.2 Å². The van der Waals surface area contributed by atoms with Crippen LogP contribution in [0.15, 0.2) is 28.7 Å². The summed E-state index contributed by atoms with van der Waals surface area (Å²) in [5.41, 5.74) is 0. The largest absolute Gasteiger partial charge is 0.492 e. The van der Waals surface area contributed by atoms with Gasteiger partial charge >= 0.3 is 6.03 Å². The second kappa shape index (κ2) is 7.17. The summed E-state index contributed by atoms with van der Waals surface area (Å²) in [6, 6.07) is 7.55. The molecule has 0 saturated heterocycles. The van der Waals surface area contributed by atoms with Crippen LogP contribution in [0.4, 0.5) is 4.79 Å². The molecule has 0 aliphatic carbocycles. The third kappa shape index (κ3) is 4.65. The van der Waals surface area contributed by atoms with Gasteiger partial charge in [-0.2, -0.15) is 0 Å². The molecule has 0 unspecified atom stereocenters. The molecular formula is C12H17BrN2O2. The number of nitrogens with one attached hydrogen (secondary N) is 1. The van der Waals surface area contributed by atoms with E-state index in [0.29, 0.717) is 19.7 Å². The monoisotopic (exact) mass is 300 g/mol. The molecule has 5 heteroatoms. The maximum atomic E-state index is 11.4. The second-order valence-electron chi connectivity index (χ2n) is 3.44. The van der Waals surface area contributed by atoms with Gasteiger partial charge in [-0.05, 0) is 31.2 Å². The third-order valence-electron chi connectivity index (χ3n) is 2.33. The van der Waals surface area contributed by atoms with E-state index in [0.717, 1.165) is 10.2 Å². The number of hydrogen-bond acceptors (Lipinski definition) is 2. The highest BCUT2D eigenvalue weighted by atomic mass is 79.9. The van der Waals surface area contributed by atoms with Crippen molar-refractivity contribution < 1.29 is 9.53 Å². The molecule has 0 bridgehead atoms. The van der Waals surface area contributed by atoms with E-state index in [1.165, 1.54) is 0 Å². The summed E-state index contributed by atoms with van der Waals surface area (Å²) < 4.78 is 6.56. The normalized spacial score (nSPS) is 9.82. The number of halogens is 1. The lowest BCUT2D eigenvalue weighted by Crippen LogP contribution is -2.40. The molecule has 0 heterocycles. The van der Waals surface area contributed by atoms with Gasteiger partial charge in [-0.15, -0.1) is 0 Å². The Balaban J connectivity index is 2.36. The van der Waals surface area contributed by atoms with Crippen molar-refractivity contribution in [3.05, 3.63) is 28.7 Å². The molecule has 0 atom stereocenters. The Morgan fingerprint density at radius 1 is 1.41 bits per heavy atom. The Bertz CT molecular complexity index is 354. The molecule has 0 saturated carbocycles. The fraction of sp³-hybridized carbons (Fsp3) is 0.417. The van der Waals surface area contributed by atoms with E-state index in [4.69, 9.17) is 4.74 Å². The Morgan fingerprint density at radius 3 is 2.59 bits per heavy atom. The molecule has 0 aliphatic rings. The van der Waals surface area contributed by atoms with Crippen molar-refractivity contribution in [2.24, 2.45) is 0 Å². The number of benzene rings is 1. The molecule has 94 valence electrons. The molecular weight excluding hydrogens is 284 g/mol. The van der Waals surface area contributed by atoms with E-state index < -0.39 is 0 Å². The SMILES string of the molecule is CCN(CCOc1ccc(Br)cc1)C(=O)NC. The number of rotatable bonds is 5. The first kappa shape index (κ1) is 13.8. The van der Waals surface area contributed by atoms with Crippen LogP contribution in [0.1, 0.15) is 6.92 Å². The van der Waals surface area contributed by atoms with Crippen molar-refractivity contribution in [1.82, 2.24) is 10.2 Å². The highest BCUT2D eigenvalue weighted by Crippen LogP contribution is 2.15. The zero-order valence-electron chi connectivity index (χ0n) is 10.1.